The van der Waals surface area contributed by atoms with Crippen molar-refractivity contribution in [3.63, 3.8) is 0 Å². The summed E-state index contributed by atoms with van der Waals surface area (Å²) in [4.78, 5) is 37.2. The molecule has 3 aromatic rings. The van der Waals surface area contributed by atoms with E-state index in [1.54, 1.807) is 23.1 Å². The van der Waals surface area contributed by atoms with Crippen molar-refractivity contribution in [1.29, 1.82) is 0 Å². The molecule has 4 heterocycles. The SMILES string of the molecule is CCOc1ccc2[nH]c3c(c2c1)CC1(C)C(=O)N(CCN2CCCCCC2)C(=O)N1C3c1cccc(O)c1. The maximum atomic E-state index is 14.1. The lowest BCUT2D eigenvalue weighted by Crippen LogP contribution is -2.53. The number of aromatic hydroxyl groups is 1. The van der Waals surface area contributed by atoms with E-state index >= 15 is 0 Å². The lowest BCUT2D eigenvalue weighted by atomic mass is 9.81. The fourth-order valence-electron chi connectivity index (χ4n) is 6.59. The summed E-state index contributed by atoms with van der Waals surface area (Å²) in [5.74, 6) is 0.752. The van der Waals surface area contributed by atoms with Crippen molar-refractivity contribution < 1.29 is 19.4 Å². The van der Waals surface area contributed by atoms with Crippen molar-refractivity contribution >= 4 is 22.8 Å². The first kappa shape index (κ1) is 24.8. The van der Waals surface area contributed by atoms with Crippen LogP contribution in [0.5, 0.6) is 11.5 Å². The van der Waals surface area contributed by atoms with Crippen LogP contribution in [0.3, 0.4) is 0 Å². The molecule has 38 heavy (non-hydrogen) atoms. The minimum atomic E-state index is -1.03. The van der Waals surface area contributed by atoms with E-state index in [1.807, 2.05) is 38.1 Å². The summed E-state index contributed by atoms with van der Waals surface area (Å²) >= 11 is 0. The number of nitrogens with one attached hydrogen (secondary N) is 1. The number of fused-ring (bicyclic) bond motifs is 4. The number of rotatable bonds is 6. The Morgan fingerprint density at radius 3 is 2.58 bits per heavy atom. The normalized spacial score (nSPS) is 24.0. The van der Waals surface area contributed by atoms with Gasteiger partial charge < -0.3 is 19.7 Å². The maximum absolute atomic E-state index is 14.1. The molecule has 2 saturated heterocycles. The first-order chi connectivity index (χ1) is 18.4. The first-order valence-corrected chi connectivity index (χ1v) is 13.8. The highest BCUT2D eigenvalue weighted by molar-refractivity contribution is 6.08. The number of benzene rings is 2. The average molecular weight is 517 g/mol. The van der Waals surface area contributed by atoms with Crippen molar-refractivity contribution in [2.75, 3.05) is 32.8 Å². The van der Waals surface area contributed by atoms with E-state index in [0.29, 0.717) is 26.1 Å². The number of ether oxygens (including phenoxy) is 1. The Hall–Kier alpha value is -3.52. The molecule has 6 rings (SSSR count). The molecule has 0 spiro atoms. The van der Waals surface area contributed by atoms with E-state index in [9.17, 15) is 14.7 Å². The van der Waals surface area contributed by atoms with Crippen molar-refractivity contribution in [2.24, 2.45) is 0 Å². The van der Waals surface area contributed by atoms with Crippen LogP contribution in [0.4, 0.5) is 4.79 Å². The van der Waals surface area contributed by atoms with E-state index in [-0.39, 0.29) is 17.7 Å². The number of imide groups is 1. The topological polar surface area (TPSA) is 89.1 Å². The smallest absolute Gasteiger partial charge is 0.328 e. The number of urea groups is 1. The zero-order valence-electron chi connectivity index (χ0n) is 22.2. The van der Waals surface area contributed by atoms with Gasteiger partial charge in [-0.05, 0) is 81.2 Å². The molecule has 3 aliphatic heterocycles. The minimum Gasteiger partial charge on any atom is -0.508 e. The Labute approximate surface area is 223 Å². The number of aromatic amines is 1. The second-order valence-electron chi connectivity index (χ2n) is 11.0. The molecule has 3 amide bonds. The lowest BCUT2D eigenvalue weighted by molar-refractivity contribution is -0.133. The van der Waals surface area contributed by atoms with Gasteiger partial charge in [-0.3, -0.25) is 14.6 Å². The largest absolute Gasteiger partial charge is 0.508 e. The Morgan fingerprint density at radius 2 is 1.84 bits per heavy atom. The molecule has 200 valence electrons. The van der Waals surface area contributed by atoms with Gasteiger partial charge in [-0.25, -0.2) is 4.79 Å². The van der Waals surface area contributed by atoms with Gasteiger partial charge in [-0.1, -0.05) is 25.0 Å². The maximum Gasteiger partial charge on any atom is 0.328 e. The van der Waals surface area contributed by atoms with Crippen molar-refractivity contribution in [3.8, 4) is 11.5 Å². The number of aromatic nitrogens is 1. The molecule has 0 saturated carbocycles. The van der Waals surface area contributed by atoms with Crippen LogP contribution in [-0.4, -0.2) is 75.1 Å². The molecule has 2 fully saturated rings. The Morgan fingerprint density at radius 1 is 1.05 bits per heavy atom. The number of carbonyl (C=O) groups excluding carboxylic acids is 2. The van der Waals surface area contributed by atoms with Crippen LogP contribution in [-0.2, 0) is 11.2 Å². The highest BCUT2D eigenvalue weighted by atomic mass is 16.5. The zero-order valence-corrected chi connectivity index (χ0v) is 22.2. The summed E-state index contributed by atoms with van der Waals surface area (Å²) in [6.45, 7) is 7.53. The fraction of sp³-hybridized carbons (Fsp3) is 0.467. The van der Waals surface area contributed by atoms with Gasteiger partial charge in [-0.2, -0.15) is 0 Å². The van der Waals surface area contributed by atoms with Crippen LogP contribution in [0.15, 0.2) is 42.5 Å². The number of amides is 3. The summed E-state index contributed by atoms with van der Waals surface area (Å²) in [6.07, 6.45) is 5.23. The number of likely N-dealkylation sites (tertiary alicyclic amines) is 1. The van der Waals surface area contributed by atoms with Crippen LogP contribution in [0.1, 0.15) is 62.4 Å². The van der Waals surface area contributed by atoms with Gasteiger partial charge in [-0.15, -0.1) is 0 Å². The quantitative estimate of drug-likeness (QED) is 0.459. The summed E-state index contributed by atoms with van der Waals surface area (Å²) in [5.41, 5.74) is 2.57. The fourth-order valence-corrected chi connectivity index (χ4v) is 6.59. The van der Waals surface area contributed by atoms with Crippen molar-refractivity contribution in [1.82, 2.24) is 19.7 Å². The van der Waals surface area contributed by atoms with Gasteiger partial charge in [0.05, 0.1) is 6.61 Å². The minimum absolute atomic E-state index is 0.127. The second kappa shape index (κ2) is 9.66. The number of nitrogens with zero attached hydrogens (tertiary/aromatic N) is 3. The van der Waals surface area contributed by atoms with E-state index in [4.69, 9.17) is 4.74 Å². The number of hydrogen-bond donors (Lipinski definition) is 2. The van der Waals surface area contributed by atoms with Gasteiger partial charge >= 0.3 is 6.03 Å². The number of hydrogen-bond acceptors (Lipinski definition) is 5. The van der Waals surface area contributed by atoms with E-state index < -0.39 is 11.6 Å². The molecule has 0 aliphatic carbocycles. The molecule has 2 aromatic carbocycles. The monoisotopic (exact) mass is 516 g/mol. The second-order valence-corrected chi connectivity index (χ2v) is 11.0. The summed E-state index contributed by atoms with van der Waals surface area (Å²) in [7, 11) is 0. The van der Waals surface area contributed by atoms with E-state index in [2.05, 4.69) is 9.88 Å². The predicted octanol–water partition coefficient (Wildman–Crippen LogP) is 4.82. The third-order valence-electron chi connectivity index (χ3n) is 8.47. The standard InChI is InChI=1S/C30H36N4O4/c1-3-38-22-11-12-25-23(18-22)24-19-30(2)28(36)33(16-15-32-13-6-4-5-7-14-32)29(37)34(30)27(26(24)31-25)20-9-8-10-21(35)17-20/h8-12,17-18,27,31,35H,3-7,13-16,19H2,1-2H3. The molecule has 1 aromatic heterocycles. The van der Waals surface area contributed by atoms with Gasteiger partial charge in [0.25, 0.3) is 5.91 Å². The summed E-state index contributed by atoms with van der Waals surface area (Å²) < 4.78 is 5.78. The van der Waals surface area contributed by atoms with Crippen LogP contribution in [0, 0.1) is 0 Å². The van der Waals surface area contributed by atoms with Crippen molar-refractivity contribution in [3.05, 3.63) is 59.3 Å². The number of phenolic OH excluding ortho intramolecular Hbond substituents is 1. The summed E-state index contributed by atoms with van der Waals surface area (Å²) in [5, 5.41) is 11.3. The van der Waals surface area contributed by atoms with Crippen molar-refractivity contribution in [2.45, 2.75) is 57.5 Å². The summed E-state index contributed by atoms with van der Waals surface area (Å²) in [6, 6.07) is 12.2. The Bertz CT molecular complexity index is 1380. The molecule has 0 bridgehead atoms. The molecule has 8 nitrogen and oxygen atoms in total. The van der Waals surface area contributed by atoms with Gasteiger partial charge in [0, 0.05) is 36.1 Å². The van der Waals surface area contributed by atoms with Crippen LogP contribution in [0.25, 0.3) is 10.9 Å². The Kier molecular flexibility index (Phi) is 6.30. The third-order valence-corrected chi connectivity index (χ3v) is 8.47. The number of phenols is 1. The first-order valence-electron chi connectivity index (χ1n) is 13.8. The average Bonchev–Trinajstić information content (AvgIpc) is 3.17. The zero-order chi connectivity index (χ0) is 26.4. The highest BCUT2D eigenvalue weighted by Gasteiger charge is 2.60. The molecule has 2 N–H and O–H groups in total. The van der Waals surface area contributed by atoms with Crippen LogP contribution < -0.4 is 4.74 Å². The molecular formula is C30H36N4O4. The molecule has 2 atom stereocenters. The Balaban J connectivity index is 1.42. The molecule has 0 radical (unpaired) electrons. The molecule has 2 unspecified atom stereocenters. The predicted molar refractivity (Wildman–Crippen MR) is 145 cm³/mol. The van der Waals surface area contributed by atoms with Crippen LogP contribution >= 0.6 is 0 Å². The van der Waals surface area contributed by atoms with Crippen LogP contribution in [0.2, 0.25) is 0 Å². The van der Waals surface area contributed by atoms with Gasteiger partial charge in [0.1, 0.15) is 23.1 Å². The molecular weight excluding hydrogens is 480 g/mol. The van der Waals surface area contributed by atoms with Gasteiger partial charge in [0.2, 0.25) is 0 Å². The lowest BCUT2D eigenvalue weighted by Gasteiger charge is -2.42. The molecule has 8 heteroatoms. The third kappa shape index (κ3) is 4.02. The number of H-pyrrole nitrogens is 1. The van der Waals surface area contributed by atoms with E-state index in [0.717, 1.165) is 59.4 Å². The molecule has 3 aliphatic rings. The van der Waals surface area contributed by atoms with E-state index in [1.165, 1.54) is 17.7 Å². The number of carbonyl (C=O) groups is 2. The highest BCUT2D eigenvalue weighted by Crippen LogP contribution is 2.49. The van der Waals surface area contributed by atoms with Gasteiger partial charge in [0.15, 0.2) is 0 Å².